The molecule has 1 fully saturated rings. The average Bonchev–Trinajstić information content (AvgIpc) is 2.54. The Morgan fingerprint density at radius 1 is 1.22 bits per heavy atom. The van der Waals surface area contributed by atoms with Crippen LogP contribution in [0, 0.1) is 11.3 Å². The van der Waals surface area contributed by atoms with E-state index in [1.807, 2.05) is 18.2 Å². The molecule has 2 rings (SSSR count). The van der Waals surface area contributed by atoms with Gasteiger partial charge in [0.15, 0.2) is 0 Å². The molecule has 1 aromatic heterocycles. The number of halogens is 3. The maximum atomic E-state index is 11.9. The topological polar surface area (TPSA) is 52.4 Å². The molecule has 2 heterocycles. The average molecular weight is 328 g/mol. The summed E-state index contributed by atoms with van der Waals surface area (Å²) in [4.78, 5) is 8.57. The number of anilines is 1. The van der Waals surface area contributed by atoms with Gasteiger partial charge in [0.25, 0.3) is 0 Å². The minimum Gasteiger partial charge on any atom is -0.372 e. The SMILES string of the molecule is N#Cc1cccc(N2CCN(CCCOCC(F)(F)F)CC2)n1. The summed E-state index contributed by atoms with van der Waals surface area (Å²) >= 11 is 0. The summed E-state index contributed by atoms with van der Waals surface area (Å²) in [6.45, 7) is 2.86. The first-order valence-corrected chi connectivity index (χ1v) is 7.47. The van der Waals surface area contributed by atoms with E-state index in [9.17, 15) is 13.2 Å². The number of pyridine rings is 1. The minimum atomic E-state index is -4.25. The van der Waals surface area contributed by atoms with E-state index >= 15 is 0 Å². The monoisotopic (exact) mass is 328 g/mol. The molecule has 0 unspecified atom stereocenters. The molecule has 0 spiro atoms. The molecule has 0 atom stereocenters. The number of nitriles is 1. The zero-order valence-electron chi connectivity index (χ0n) is 12.7. The second-order valence-electron chi connectivity index (χ2n) is 5.34. The highest BCUT2D eigenvalue weighted by Crippen LogP contribution is 2.15. The minimum absolute atomic E-state index is 0.117. The number of alkyl halides is 3. The second-order valence-corrected chi connectivity index (χ2v) is 5.34. The Balaban J connectivity index is 1.67. The molecule has 0 aromatic carbocycles. The summed E-state index contributed by atoms with van der Waals surface area (Å²) in [5.74, 6) is 0.789. The van der Waals surface area contributed by atoms with E-state index in [1.54, 1.807) is 6.07 Å². The highest BCUT2D eigenvalue weighted by molar-refractivity contribution is 5.42. The van der Waals surface area contributed by atoms with Crippen molar-refractivity contribution in [3.05, 3.63) is 23.9 Å². The van der Waals surface area contributed by atoms with Gasteiger partial charge in [-0.3, -0.25) is 4.90 Å². The predicted molar refractivity (Wildman–Crippen MR) is 79.1 cm³/mol. The number of hydrogen-bond acceptors (Lipinski definition) is 5. The van der Waals surface area contributed by atoms with Gasteiger partial charge in [-0.2, -0.15) is 18.4 Å². The zero-order chi connectivity index (χ0) is 16.7. The third-order valence-electron chi connectivity index (χ3n) is 3.57. The third-order valence-corrected chi connectivity index (χ3v) is 3.57. The number of piperazine rings is 1. The highest BCUT2D eigenvalue weighted by atomic mass is 19.4. The molecule has 5 nitrogen and oxygen atoms in total. The number of hydrogen-bond donors (Lipinski definition) is 0. The lowest BCUT2D eigenvalue weighted by atomic mass is 10.2. The summed E-state index contributed by atoms with van der Waals surface area (Å²) in [5.41, 5.74) is 0.395. The fourth-order valence-electron chi connectivity index (χ4n) is 2.44. The van der Waals surface area contributed by atoms with E-state index in [4.69, 9.17) is 5.26 Å². The quantitative estimate of drug-likeness (QED) is 0.748. The molecule has 0 aliphatic carbocycles. The van der Waals surface area contributed by atoms with Crippen molar-refractivity contribution < 1.29 is 17.9 Å². The molecule has 1 aromatic rings. The molecule has 0 radical (unpaired) electrons. The van der Waals surface area contributed by atoms with Crippen molar-refractivity contribution in [3.8, 4) is 6.07 Å². The number of ether oxygens (including phenoxy) is 1. The maximum absolute atomic E-state index is 11.9. The molecular weight excluding hydrogens is 309 g/mol. The molecule has 8 heteroatoms. The van der Waals surface area contributed by atoms with Gasteiger partial charge in [0.2, 0.25) is 0 Å². The van der Waals surface area contributed by atoms with Gasteiger partial charge in [0.1, 0.15) is 24.2 Å². The fraction of sp³-hybridized carbons (Fsp3) is 0.600. The highest BCUT2D eigenvalue weighted by Gasteiger charge is 2.27. The molecule has 23 heavy (non-hydrogen) atoms. The van der Waals surface area contributed by atoms with Crippen LogP contribution in [-0.4, -0.2) is 62.0 Å². The summed E-state index contributed by atoms with van der Waals surface area (Å²) in [6.07, 6.45) is -3.67. The van der Waals surface area contributed by atoms with Crippen LogP contribution in [0.3, 0.4) is 0 Å². The van der Waals surface area contributed by atoms with Crippen LogP contribution in [0.5, 0.6) is 0 Å². The first-order valence-electron chi connectivity index (χ1n) is 7.47. The summed E-state index contributed by atoms with van der Waals surface area (Å²) < 4.78 is 40.4. The van der Waals surface area contributed by atoms with Crippen LogP contribution in [0.25, 0.3) is 0 Å². The van der Waals surface area contributed by atoms with Crippen molar-refractivity contribution in [1.82, 2.24) is 9.88 Å². The number of rotatable bonds is 6. The van der Waals surface area contributed by atoms with E-state index in [2.05, 4.69) is 19.5 Å². The number of nitrogens with zero attached hydrogens (tertiary/aromatic N) is 4. The maximum Gasteiger partial charge on any atom is 0.411 e. The van der Waals surface area contributed by atoms with Gasteiger partial charge in [0.05, 0.1) is 0 Å². The molecular formula is C15H19F3N4O. The van der Waals surface area contributed by atoms with E-state index in [0.29, 0.717) is 12.1 Å². The zero-order valence-corrected chi connectivity index (χ0v) is 12.7. The van der Waals surface area contributed by atoms with Crippen LogP contribution in [0.2, 0.25) is 0 Å². The smallest absolute Gasteiger partial charge is 0.372 e. The van der Waals surface area contributed by atoms with Gasteiger partial charge in [-0.05, 0) is 18.6 Å². The van der Waals surface area contributed by atoms with E-state index in [0.717, 1.165) is 38.5 Å². The molecule has 1 aliphatic rings. The van der Waals surface area contributed by atoms with Gasteiger partial charge >= 0.3 is 6.18 Å². The van der Waals surface area contributed by atoms with Crippen LogP contribution in [0.15, 0.2) is 18.2 Å². The van der Waals surface area contributed by atoms with E-state index in [1.165, 1.54) is 0 Å². The Labute approximate surface area is 133 Å². The number of aromatic nitrogens is 1. The van der Waals surface area contributed by atoms with Crippen molar-refractivity contribution in [3.63, 3.8) is 0 Å². The Hall–Kier alpha value is -1.85. The third kappa shape index (κ3) is 6.04. The van der Waals surface area contributed by atoms with E-state index in [-0.39, 0.29) is 6.61 Å². The van der Waals surface area contributed by atoms with Crippen molar-refractivity contribution in [2.45, 2.75) is 12.6 Å². The van der Waals surface area contributed by atoms with Crippen LogP contribution < -0.4 is 4.90 Å². The largest absolute Gasteiger partial charge is 0.411 e. The standard InChI is InChI=1S/C15H19F3N4O/c16-15(17,18)12-23-10-2-5-21-6-8-22(9-7-21)14-4-1-3-13(11-19)20-14/h1,3-4H,2,5-10,12H2. The first-order chi connectivity index (χ1) is 11.0. The van der Waals surface area contributed by atoms with Gasteiger partial charge < -0.3 is 9.64 Å². The van der Waals surface area contributed by atoms with Crippen molar-refractivity contribution in [1.29, 1.82) is 5.26 Å². The Bertz CT molecular complexity index is 536. The van der Waals surface area contributed by atoms with Gasteiger partial charge in [-0.15, -0.1) is 0 Å². The molecule has 1 aliphatic heterocycles. The van der Waals surface area contributed by atoms with Crippen molar-refractivity contribution in [2.75, 3.05) is 50.8 Å². The van der Waals surface area contributed by atoms with E-state index < -0.39 is 12.8 Å². The normalized spacial score (nSPS) is 16.3. The second kappa shape index (κ2) is 8.13. The van der Waals surface area contributed by atoms with Crippen LogP contribution in [0.4, 0.5) is 19.0 Å². The molecule has 0 N–H and O–H groups in total. The Morgan fingerprint density at radius 2 is 1.96 bits per heavy atom. The summed E-state index contributed by atoms with van der Waals surface area (Å²) in [6, 6.07) is 7.38. The van der Waals surface area contributed by atoms with Gasteiger partial charge in [-0.25, -0.2) is 4.98 Å². The Kier molecular flexibility index (Phi) is 6.19. The summed E-state index contributed by atoms with van der Waals surface area (Å²) in [5, 5.41) is 8.87. The summed E-state index contributed by atoms with van der Waals surface area (Å²) in [7, 11) is 0. The Morgan fingerprint density at radius 3 is 2.61 bits per heavy atom. The molecule has 0 amide bonds. The van der Waals surface area contributed by atoms with Crippen molar-refractivity contribution in [2.24, 2.45) is 0 Å². The lowest BCUT2D eigenvalue weighted by Crippen LogP contribution is -2.47. The molecule has 0 bridgehead atoms. The van der Waals surface area contributed by atoms with Gasteiger partial charge in [0, 0.05) is 39.3 Å². The molecule has 1 saturated heterocycles. The van der Waals surface area contributed by atoms with Crippen molar-refractivity contribution >= 4 is 5.82 Å². The van der Waals surface area contributed by atoms with Crippen LogP contribution in [0.1, 0.15) is 12.1 Å². The van der Waals surface area contributed by atoms with Gasteiger partial charge in [-0.1, -0.05) is 6.07 Å². The lowest BCUT2D eigenvalue weighted by Gasteiger charge is -2.35. The first kappa shape index (κ1) is 17.5. The van der Waals surface area contributed by atoms with Crippen LogP contribution >= 0.6 is 0 Å². The predicted octanol–water partition coefficient (Wildman–Crippen LogP) is 2.04. The lowest BCUT2D eigenvalue weighted by molar-refractivity contribution is -0.174. The fourth-order valence-corrected chi connectivity index (χ4v) is 2.44. The molecule has 0 saturated carbocycles. The molecule has 126 valence electrons. The van der Waals surface area contributed by atoms with Crippen LogP contribution in [-0.2, 0) is 4.74 Å².